The lowest BCUT2D eigenvalue weighted by Gasteiger charge is -2.27. The quantitative estimate of drug-likeness (QED) is 0.723. The highest BCUT2D eigenvalue weighted by Crippen LogP contribution is 2.32. The summed E-state index contributed by atoms with van der Waals surface area (Å²) < 4.78 is 5.03. The van der Waals surface area contributed by atoms with Crippen LogP contribution < -0.4 is 0 Å². The van der Waals surface area contributed by atoms with Crippen molar-refractivity contribution < 1.29 is 9.53 Å². The summed E-state index contributed by atoms with van der Waals surface area (Å²) >= 11 is 1.52. The number of Topliss-reactive ketones (excluding diaryl/α,β-unsaturated/α-hetero) is 1. The van der Waals surface area contributed by atoms with Crippen LogP contribution in [0.3, 0.4) is 0 Å². The molecule has 0 amide bonds. The van der Waals surface area contributed by atoms with Crippen LogP contribution in [0.1, 0.15) is 6.42 Å². The number of allylic oxidation sites excluding steroid dienone is 4. The molecule has 0 fully saturated rings. The lowest BCUT2D eigenvalue weighted by molar-refractivity contribution is -0.117. The molecule has 0 radical (unpaired) electrons. The van der Waals surface area contributed by atoms with E-state index >= 15 is 0 Å². The Kier molecular flexibility index (Phi) is 4.16. The molecule has 0 saturated carbocycles. The summed E-state index contributed by atoms with van der Waals surface area (Å²) in [6.45, 7) is 1.39. The number of carbonyl (C=O) groups excluding carboxylic acids is 1. The van der Waals surface area contributed by atoms with Gasteiger partial charge in [-0.1, -0.05) is 18.1 Å². The Hall–Kier alpha value is -1.60. The molecule has 3 nitrogen and oxygen atoms in total. The van der Waals surface area contributed by atoms with E-state index in [1.807, 2.05) is 12.2 Å². The second kappa shape index (κ2) is 5.83. The van der Waals surface area contributed by atoms with Crippen molar-refractivity contribution >= 4 is 17.5 Å². The van der Waals surface area contributed by atoms with Crippen LogP contribution in [0, 0.1) is 12.3 Å². The van der Waals surface area contributed by atoms with Gasteiger partial charge in [0.15, 0.2) is 5.76 Å². The molecule has 0 spiro atoms. The predicted octanol–water partition coefficient (Wildman–Crippen LogP) is 1.94. The Labute approximate surface area is 112 Å². The standard InChI is InChI=1S/C14H15NO2S/c1-3-7-15-8-5-4-6-11(15)9-13-14(16)12(17-2)10-18-13/h1,4-6,10,13H,7-9H2,2H3. The first-order valence-corrected chi connectivity index (χ1v) is 6.68. The van der Waals surface area contributed by atoms with Crippen molar-refractivity contribution in [2.75, 3.05) is 20.2 Å². The molecule has 2 rings (SSSR count). The maximum atomic E-state index is 12.0. The molecule has 0 aromatic carbocycles. The molecule has 0 aromatic rings. The van der Waals surface area contributed by atoms with Crippen LogP contribution in [0.4, 0.5) is 0 Å². The fourth-order valence-electron chi connectivity index (χ4n) is 1.97. The molecule has 18 heavy (non-hydrogen) atoms. The highest BCUT2D eigenvalue weighted by Gasteiger charge is 2.30. The first-order valence-electron chi connectivity index (χ1n) is 5.74. The molecule has 2 aliphatic rings. The largest absolute Gasteiger partial charge is 0.492 e. The topological polar surface area (TPSA) is 29.5 Å². The van der Waals surface area contributed by atoms with Gasteiger partial charge in [-0.2, -0.15) is 0 Å². The second-order valence-corrected chi connectivity index (χ2v) is 5.13. The van der Waals surface area contributed by atoms with Crippen molar-refractivity contribution in [2.45, 2.75) is 11.7 Å². The van der Waals surface area contributed by atoms with Crippen molar-refractivity contribution in [1.82, 2.24) is 4.90 Å². The Morgan fingerprint density at radius 1 is 1.67 bits per heavy atom. The zero-order chi connectivity index (χ0) is 13.0. The summed E-state index contributed by atoms with van der Waals surface area (Å²) in [5.74, 6) is 3.17. The summed E-state index contributed by atoms with van der Waals surface area (Å²) in [6.07, 6.45) is 12.1. The minimum Gasteiger partial charge on any atom is -0.492 e. The highest BCUT2D eigenvalue weighted by molar-refractivity contribution is 8.04. The van der Waals surface area contributed by atoms with Crippen molar-refractivity contribution in [1.29, 1.82) is 0 Å². The fourth-order valence-corrected chi connectivity index (χ4v) is 2.97. The third-order valence-corrected chi connectivity index (χ3v) is 3.99. The number of hydrogen-bond acceptors (Lipinski definition) is 4. The predicted molar refractivity (Wildman–Crippen MR) is 73.7 cm³/mol. The molecule has 0 aliphatic carbocycles. The van der Waals surface area contributed by atoms with Gasteiger partial charge in [0.25, 0.3) is 0 Å². The number of ketones is 1. The van der Waals surface area contributed by atoms with Gasteiger partial charge in [-0.15, -0.1) is 18.2 Å². The average Bonchev–Trinajstić information content (AvgIpc) is 2.73. The molecule has 2 aliphatic heterocycles. The van der Waals surface area contributed by atoms with Crippen molar-refractivity contribution in [3.05, 3.63) is 35.1 Å². The lowest BCUT2D eigenvalue weighted by Crippen LogP contribution is -2.28. The van der Waals surface area contributed by atoms with Crippen LogP contribution in [0.2, 0.25) is 0 Å². The smallest absolute Gasteiger partial charge is 0.211 e. The molecule has 0 aromatic heterocycles. The maximum Gasteiger partial charge on any atom is 0.211 e. The van der Waals surface area contributed by atoms with E-state index in [1.165, 1.54) is 18.9 Å². The van der Waals surface area contributed by atoms with E-state index in [2.05, 4.69) is 16.9 Å². The summed E-state index contributed by atoms with van der Waals surface area (Å²) in [6, 6.07) is 0. The van der Waals surface area contributed by atoms with Gasteiger partial charge in [-0.05, 0) is 6.08 Å². The van der Waals surface area contributed by atoms with Gasteiger partial charge >= 0.3 is 0 Å². The first-order chi connectivity index (χ1) is 8.76. The Morgan fingerprint density at radius 3 is 3.17 bits per heavy atom. The zero-order valence-corrected chi connectivity index (χ0v) is 11.1. The number of hydrogen-bond donors (Lipinski definition) is 0. The first kappa shape index (κ1) is 12.8. The number of methoxy groups -OCH3 is 1. The number of terminal acetylenes is 1. The number of rotatable bonds is 4. The van der Waals surface area contributed by atoms with Crippen LogP contribution in [0.25, 0.3) is 0 Å². The van der Waals surface area contributed by atoms with Gasteiger partial charge in [0, 0.05) is 24.1 Å². The fraction of sp³-hybridized carbons (Fsp3) is 0.357. The number of nitrogens with zero attached hydrogens (tertiary/aromatic N) is 1. The van der Waals surface area contributed by atoms with Crippen molar-refractivity contribution in [3.8, 4) is 12.3 Å². The normalized spacial score (nSPS) is 22.6. The van der Waals surface area contributed by atoms with Gasteiger partial charge < -0.3 is 9.64 Å². The number of thioether (sulfide) groups is 1. The van der Waals surface area contributed by atoms with Crippen LogP contribution in [-0.4, -0.2) is 36.1 Å². The van der Waals surface area contributed by atoms with Gasteiger partial charge in [0.2, 0.25) is 5.78 Å². The summed E-state index contributed by atoms with van der Waals surface area (Å²) in [5, 5.41) is 1.70. The third-order valence-electron chi connectivity index (χ3n) is 2.93. The second-order valence-electron chi connectivity index (χ2n) is 4.05. The summed E-state index contributed by atoms with van der Waals surface area (Å²) in [4.78, 5) is 14.1. The maximum absolute atomic E-state index is 12.0. The molecular weight excluding hydrogens is 246 g/mol. The minimum atomic E-state index is -0.0852. The van der Waals surface area contributed by atoms with Crippen molar-refractivity contribution in [2.24, 2.45) is 0 Å². The molecule has 94 valence electrons. The van der Waals surface area contributed by atoms with E-state index in [4.69, 9.17) is 11.2 Å². The Bertz CT molecular complexity index is 471. The number of ether oxygens (including phenoxy) is 1. The van der Waals surface area contributed by atoms with E-state index < -0.39 is 0 Å². The van der Waals surface area contributed by atoms with Crippen molar-refractivity contribution in [3.63, 3.8) is 0 Å². The minimum absolute atomic E-state index is 0.0682. The molecule has 0 bridgehead atoms. The summed E-state index contributed by atoms with van der Waals surface area (Å²) in [5.41, 5.74) is 1.12. The molecule has 0 N–H and O–H groups in total. The van der Waals surface area contributed by atoms with Gasteiger partial charge in [-0.25, -0.2) is 0 Å². The summed E-state index contributed by atoms with van der Waals surface area (Å²) in [7, 11) is 1.53. The van der Waals surface area contributed by atoms with Crippen LogP contribution in [-0.2, 0) is 9.53 Å². The van der Waals surface area contributed by atoms with E-state index in [0.29, 0.717) is 18.7 Å². The third kappa shape index (κ3) is 2.62. The van der Waals surface area contributed by atoms with Crippen LogP contribution >= 0.6 is 11.8 Å². The van der Waals surface area contributed by atoms with Crippen LogP contribution in [0.5, 0.6) is 0 Å². The van der Waals surface area contributed by atoms with Gasteiger partial charge in [0.05, 0.1) is 18.9 Å². The molecule has 4 heteroatoms. The highest BCUT2D eigenvalue weighted by atomic mass is 32.2. The van der Waals surface area contributed by atoms with Gasteiger partial charge in [-0.3, -0.25) is 4.79 Å². The monoisotopic (exact) mass is 261 g/mol. The lowest BCUT2D eigenvalue weighted by atomic mass is 10.1. The SMILES string of the molecule is C#CCN1CC=CC=C1CC1SC=C(OC)C1=O. The van der Waals surface area contributed by atoms with Crippen LogP contribution in [0.15, 0.2) is 35.1 Å². The Morgan fingerprint density at radius 2 is 2.50 bits per heavy atom. The van der Waals surface area contributed by atoms with E-state index in [-0.39, 0.29) is 11.0 Å². The molecule has 1 unspecified atom stereocenters. The Balaban J connectivity index is 2.02. The molecule has 0 saturated heterocycles. The average molecular weight is 261 g/mol. The van der Waals surface area contributed by atoms with E-state index in [1.54, 1.807) is 5.41 Å². The van der Waals surface area contributed by atoms with Gasteiger partial charge in [0.1, 0.15) is 0 Å². The zero-order valence-electron chi connectivity index (χ0n) is 10.3. The molecular formula is C14H15NO2S. The molecule has 1 atom stereocenters. The molecule has 2 heterocycles. The van der Waals surface area contributed by atoms with E-state index in [9.17, 15) is 4.79 Å². The van der Waals surface area contributed by atoms with E-state index in [0.717, 1.165) is 12.2 Å². The number of carbonyl (C=O) groups is 1.